The van der Waals surface area contributed by atoms with Gasteiger partial charge in [-0.1, -0.05) is 0 Å². The lowest BCUT2D eigenvalue weighted by atomic mass is 9.75. The molecule has 4 nitrogen and oxygen atoms in total. The van der Waals surface area contributed by atoms with Crippen LogP contribution in [0.4, 0.5) is 0 Å². The summed E-state index contributed by atoms with van der Waals surface area (Å²) in [4.78, 5) is 16.2. The maximum absolute atomic E-state index is 11.8. The monoisotopic (exact) mass is 253 g/mol. The first kappa shape index (κ1) is 12.5. The number of nitrogens with two attached hydrogens (primary N) is 1. The standard InChI is InChI=1S/C12H19N3OS/c1-8-7-17-11(14-8)9(2)15-10(16)6-12(13)4-3-5-12/h7,9H,3-6,13H2,1-2H3,(H,15,16). The highest BCUT2D eigenvalue weighted by atomic mass is 32.1. The average molecular weight is 253 g/mol. The molecule has 0 saturated heterocycles. The van der Waals surface area contributed by atoms with Crippen LogP contribution >= 0.6 is 11.3 Å². The van der Waals surface area contributed by atoms with Crippen LogP contribution < -0.4 is 11.1 Å². The van der Waals surface area contributed by atoms with Crippen LogP contribution in [0, 0.1) is 6.92 Å². The van der Waals surface area contributed by atoms with E-state index in [1.165, 1.54) is 0 Å². The minimum absolute atomic E-state index is 0.0233. The summed E-state index contributed by atoms with van der Waals surface area (Å²) < 4.78 is 0. The number of hydrogen-bond acceptors (Lipinski definition) is 4. The van der Waals surface area contributed by atoms with Gasteiger partial charge in [-0.3, -0.25) is 4.79 Å². The lowest BCUT2D eigenvalue weighted by molar-refractivity contribution is -0.123. The van der Waals surface area contributed by atoms with E-state index < -0.39 is 0 Å². The molecule has 2 rings (SSSR count). The third kappa shape index (κ3) is 3.04. The van der Waals surface area contributed by atoms with Crippen molar-refractivity contribution in [3.05, 3.63) is 16.1 Å². The number of carbonyl (C=O) groups is 1. The predicted molar refractivity (Wildman–Crippen MR) is 68.8 cm³/mol. The van der Waals surface area contributed by atoms with Crippen LogP contribution in [0.3, 0.4) is 0 Å². The fraction of sp³-hybridized carbons (Fsp3) is 0.667. The van der Waals surface area contributed by atoms with Gasteiger partial charge >= 0.3 is 0 Å². The van der Waals surface area contributed by atoms with Gasteiger partial charge in [-0.15, -0.1) is 11.3 Å². The molecular weight excluding hydrogens is 234 g/mol. The summed E-state index contributed by atoms with van der Waals surface area (Å²) in [5.41, 5.74) is 6.80. The highest BCUT2D eigenvalue weighted by Gasteiger charge is 2.34. The van der Waals surface area contributed by atoms with Crippen molar-refractivity contribution >= 4 is 17.2 Å². The molecule has 1 aromatic rings. The molecule has 94 valence electrons. The molecule has 17 heavy (non-hydrogen) atoms. The van der Waals surface area contributed by atoms with Crippen molar-refractivity contribution in [3.8, 4) is 0 Å². The van der Waals surface area contributed by atoms with Crippen LogP contribution in [0.5, 0.6) is 0 Å². The summed E-state index contributed by atoms with van der Waals surface area (Å²) in [6.07, 6.45) is 3.50. The SMILES string of the molecule is Cc1csc(C(C)NC(=O)CC2(N)CCC2)n1. The Morgan fingerprint density at radius 2 is 2.41 bits per heavy atom. The average Bonchev–Trinajstić information content (AvgIpc) is 2.62. The van der Waals surface area contributed by atoms with E-state index in [2.05, 4.69) is 10.3 Å². The molecule has 0 radical (unpaired) electrons. The molecular formula is C12H19N3OS. The minimum atomic E-state index is -0.247. The quantitative estimate of drug-likeness (QED) is 0.861. The van der Waals surface area contributed by atoms with Crippen LogP contribution in [0.15, 0.2) is 5.38 Å². The van der Waals surface area contributed by atoms with Crippen LogP contribution in [-0.2, 0) is 4.79 Å². The zero-order valence-electron chi connectivity index (χ0n) is 10.3. The van der Waals surface area contributed by atoms with E-state index in [1.807, 2.05) is 19.2 Å². The molecule has 1 amide bonds. The minimum Gasteiger partial charge on any atom is -0.347 e. The summed E-state index contributed by atoms with van der Waals surface area (Å²) >= 11 is 1.58. The van der Waals surface area contributed by atoms with Crippen molar-refractivity contribution in [2.45, 2.75) is 51.1 Å². The van der Waals surface area contributed by atoms with Gasteiger partial charge < -0.3 is 11.1 Å². The first-order valence-electron chi connectivity index (χ1n) is 5.99. The van der Waals surface area contributed by atoms with E-state index in [-0.39, 0.29) is 17.5 Å². The molecule has 1 aromatic heterocycles. The van der Waals surface area contributed by atoms with E-state index in [4.69, 9.17) is 5.73 Å². The zero-order valence-corrected chi connectivity index (χ0v) is 11.1. The van der Waals surface area contributed by atoms with Crippen molar-refractivity contribution in [1.29, 1.82) is 0 Å². The number of rotatable bonds is 4. The second-order valence-corrected chi connectivity index (χ2v) is 5.90. The molecule has 1 atom stereocenters. The van der Waals surface area contributed by atoms with Gasteiger partial charge in [0.1, 0.15) is 5.01 Å². The maximum atomic E-state index is 11.8. The lowest BCUT2D eigenvalue weighted by Gasteiger charge is -2.37. The molecule has 0 bridgehead atoms. The Bertz CT molecular complexity index is 412. The highest BCUT2D eigenvalue weighted by molar-refractivity contribution is 7.09. The molecule has 1 saturated carbocycles. The van der Waals surface area contributed by atoms with Gasteiger partial charge in [0.2, 0.25) is 5.91 Å². The molecule has 0 aliphatic heterocycles. The Balaban J connectivity index is 1.86. The Morgan fingerprint density at radius 1 is 1.71 bits per heavy atom. The number of carbonyl (C=O) groups excluding carboxylic acids is 1. The van der Waals surface area contributed by atoms with Gasteiger partial charge in [0, 0.05) is 23.0 Å². The molecule has 5 heteroatoms. The van der Waals surface area contributed by atoms with E-state index in [0.29, 0.717) is 6.42 Å². The van der Waals surface area contributed by atoms with Gasteiger partial charge in [0.25, 0.3) is 0 Å². The number of thiazole rings is 1. The number of nitrogens with one attached hydrogen (secondary N) is 1. The Hall–Kier alpha value is -0.940. The topological polar surface area (TPSA) is 68.0 Å². The fourth-order valence-electron chi connectivity index (χ4n) is 2.05. The molecule has 1 unspecified atom stereocenters. The molecule has 0 aromatic carbocycles. The summed E-state index contributed by atoms with van der Waals surface area (Å²) in [6.45, 7) is 3.91. The summed E-state index contributed by atoms with van der Waals surface area (Å²) in [5, 5.41) is 5.91. The number of aromatic nitrogens is 1. The summed E-state index contributed by atoms with van der Waals surface area (Å²) in [5.74, 6) is 0.0348. The van der Waals surface area contributed by atoms with Crippen molar-refractivity contribution in [3.63, 3.8) is 0 Å². The Morgan fingerprint density at radius 3 is 2.88 bits per heavy atom. The van der Waals surface area contributed by atoms with Gasteiger partial charge in [0.15, 0.2) is 0 Å². The third-order valence-corrected chi connectivity index (χ3v) is 4.39. The third-order valence-electron chi connectivity index (χ3n) is 3.25. The summed E-state index contributed by atoms with van der Waals surface area (Å²) in [6, 6.07) is -0.0233. The van der Waals surface area contributed by atoms with Crippen molar-refractivity contribution < 1.29 is 4.79 Å². The van der Waals surface area contributed by atoms with E-state index in [0.717, 1.165) is 30.0 Å². The van der Waals surface area contributed by atoms with E-state index in [1.54, 1.807) is 11.3 Å². The molecule has 1 aliphatic carbocycles. The largest absolute Gasteiger partial charge is 0.347 e. The second kappa shape index (κ2) is 4.74. The van der Waals surface area contributed by atoms with Crippen molar-refractivity contribution in [2.24, 2.45) is 5.73 Å². The first-order valence-corrected chi connectivity index (χ1v) is 6.87. The van der Waals surface area contributed by atoms with Crippen LogP contribution in [0.2, 0.25) is 0 Å². The Kier molecular flexibility index (Phi) is 3.49. The Labute approximate surface area is 106 Å². The highest BCUT2D eigenvalue weighted by Crippen LogP contribution is 2.32. The molecule has 1 aliphatic rings. The number of aryl methyl sites for hydroxylation is 1. The predicted octanol–water partition coefficient (Wildman–Crippen LogP) is 1.90. The number of hydrogen-bond donors (Lipinski definition) is 2. The van der Waals surface area contributed by atoms with Gasteiger partial charge in [-0.25, -0.2) is 4.98 Å². The smallest absolute Gasteiger partial charge is 0.222 e. The van der Waals surface area contributed by atoms with E-state index in [9.17, 15) is 4.79 Å². The zero-order chi connectivity index (χ0) is 12.5. The maximum Gasteiger partial charge on any atom is 0.222 e. The fourth-order valence-corrected chi connectivity index (χ4v) is 2.86. The van der Waals surface area contributed by atoms with Crippen LogP contribution in [0.1, 0.15) is 49.4 Å². The lowest BCUT2D eigenvalue weighted by Crippen LogP contribution is -2.50. The van der Waals surface area contributed by atoms with Gasteiger partial charge in [-0.2, -0.15) is 0 Å². The van der Waals surface area contributed by atoms with Gasteiger partial charge in [-0.05, 0) is 33.1 Å². The number of amides is 1. The normalized spacial score (nSPS) is 19.5. The van der Waals surface area contributed by atoms with Crippen molar-refractivity contribution in [2.75, 3.05) is 0 Å². The van der Waals surface area contributed by atoms with Crippen LogP contribution in [-0.4, -0.2) is 16.4 Å². The molecule has 1 heterocycles. The summed E-state index contributed by atoms with van der Waals surface area (Å²) in [7, 11) is 0. The van der Waals surface area contributed by atoms with Crippen LogP contribution in [0.25, 0.3) is 0 Å². The van der Waals surface area contributed by atoms with Crippen molar-refractivity contribution in [1.82, 2.24) is 10.3 Å². The molecule has 1 fully saturated rings. The first-order chi connectivity index (χ1) is 7.98. The van der Waals surface area contributed by atoms with Gasteiger partial charge in [0.05, 0.1) is 6.04 Å². The van der Waals surface area contributed by atoms with E-state index >= 15 is 0 Å². The second-order valence-electron chi connectivity index (χ2n) is 5.01. The molecule has 0 spiro atoms. The number of nitrogens with zero attached hydrogens (tertiary/aromatic N) is 1. The molecule has 3 N–H and O–H groups in total.